The van der Waals surface area contributed by atoms with E-state index in [9.17, 15) is 4.79 Å². The van der Waals surface area contributed by atoms with Gasteiger partial charge in [-0.05, 0) is 18.4 Å². The molecule has 2 unspecified atom stereocenters. The zero-order valence-corrected chi connectivity index (χ0v) is 8.06. The summed E-state index contributed by atoms with van der Waals surface area (Å²) >= 11 is 0. The van der Waals surface area contributed by atoms with E-state index < -0.39 is 0 Å². The summed E-state index contributed by atoms with van der Waals surface area (Å²) in [7, 11) is 1.82. The van der Waals surface area contributed by atoms with Crippen LogP contribution >= 0.6 is 0 Å². The van der Waals surface area contributed by atoms with Gasteiger partial charge in [-0.2, -0.15) is 5.10 Å². The zero-order chi connectivity index (χ0) is 9.76. The number of nitrogens with zero attached hydrogens (tertiary/aromatic N) is 2. The predicted molar refractivity (Wildman–Crippen MR) is 48.9 cm³/mol. The fourth-order valence-electron chi connectivity index (χ4n) is 2.29. The molecule has 0 spiro atoms. The fraction of sp³-hybridized carbons (Fsp3) is 0.600. The fourth-order valence-corrected chi connectivity index (χ4v) is 2.29. The lowest BCUT2D eigenvalue weighted by atomic mass is 9.98. The Morgan fingerprint density at radius 3 is 3.14 bits per heavy atom. The topological polar surface area (TPSA) is 44.1 Å². The predicted octanol–water partition coefficient (Wildman–Crippen LogP) is 0.639. The molecule has 0 aromatic carbocycles. The standard InChI is InChI=1S/C10H12N2O2/c1-12-3-2-8(11-12)9(13)10-4-7(10)5-14-6-10/h2-3,7H,4-6H2,1H3. The maximum absolute atomic E-state index is 12.1. The lowest BCUT2D eigenvalue weighted by Crippen LogP contribution is -2.20. The average Bonchev–Trinajstić information content (AvgIpc) is 2.59. The van der Waals surface area contributed by atoms with Crippen molar-refractivity contribution in [1.29, 1.82) is 0 Å². The highest BCUT2D eigenvalue weighted by Gasteiger charge is 2.63. The second kappa shape index (κ2) is 2.45. The molecule has 0 bridgehead atoms. The summed E-state index contributed by atoms with van der Waals surface area (Å²) in [5.41, 5.74) is 0.384. The van der Waals surface area contributed by atoms with Gasteiger partial charge in [0, 0.05) is 13.2 Å². The average molecular weight is 192 g/mol. The van der Waals surface area contributed by atoms with Gasteiger partial charge in [0.25, 0.3) is 0 Å². The van der Waals surface area contributed by atoms with Crippen LogP contribution in [0.3, 0.4) is 0 Å². The molecule has 1 aromatic heterocycles. The third kappa shape index (κ3) is 0.917. The number of carbonyl (C=O) groups is 1. The van der Waals surface area contributed by atoms with Crippen molar-refractivity contribution in [1.82, 2.24) is 9.78 Å². The lowest BCUT2D eigenvalue weighted by Gasteiger charge is -2.06. The van der Waals surface area contributed by atoms with E-state index in [4.69, 9.17) is 4.74 Å². The van der Waals surface area contributed by atoms with Crippen LogP contribution in [0.4, 0.5) is 0 Å². The minimum absolute atomic E-state index is 0.167. The monoisotopic (exact) mass is 192 g/mol. The molecular formula is C10H12N2O2. The van der Waals surface area contributed by atoms with Crippen LogP contribution in [0.5, 0.6) is 0 Å². The second-order valence-electron chi connectivity index (χ2n) is 4.28. The van der Waals surface area contributed by atoms with Crippen molar-refractivity contribution in [2.45, 2.75) is 6.42 Å². The highest BCUT2D eigenvalue weighted by molar-refractivity contribution is 6.01. The van der Waals surface area contributed by atoms with E-state index in [1.807, 2.05) is 7.05 Å². The normalized spacial score (nSPS) is 34.2. The second-order valence-corrected chi connectivity index (χ2v) is 4.28. The Kier molecular flexibility index (Phi) is 1.43. The molecule has 2 atom stereocenters. The summed E-state index contributed by atoms with van der Waals surface area (Å²) in [5.74, 6) is 0.623. The number of carbonyl (C=O) groups excluding carboxylic acids is 1. The number of aryl methyl sites for hydroxylation is 1. The van der Waals surface area contributed by atoms with Crippen LogP contribution in [0.2, 0.25) is 0 Å². The van der Waals surface area contributed by atoms with Crippen LogP contribution in [0, 0.1) is 11.3 Å². The van der Waals surface area contributed by atoms with Crippen molar-refractivity contribution < 1.29 is 9.53 Å². The molecular weight excluding hydrogens is 180 g/mol. The number of ketones is 1. The van der Waals surface area contributed by atoms with Crippen molar-refractivity contribution in [2.75, 3.05) is 13.2 Å². The maximum atomic E-state index is 12.1. The Labute approximate surface area is 81.9 Å². The van der Waals surface area contributed by atoms with Gasteiger partial charge in [-0.3, -0.25) is 9.48 Å². The highest BCUT2D eigenvalue weighted by Crippen LogP contribution is 2.58. The van der Waals surface area contributed by atoms with Crippen molar-refractivity contribution in [2.24, 2.45) is 18.4 Å². The first kappa shape index (κ1) is 8.17. The number of Topliss-reactive ketones (excluding diaryl/α,β-unsaturated/α-hetero) is 1. The minimum Gasteiger partial charge on any atom is -0.380 e. The zero-order valence-electron chi connectivity index (χ0n) is 8.06. The molecule has 14 heavy (non-hydrogen) atoms. The quantitative estimate of drug-likeness (QED) is 0.646. The van der Waals surface area contributed by atoms with Crippen molar-refractivity contribution in [3.8, 4) is 0 Å². The van der Waals surface area contributed by atoms with Gasteiger partial charge in [-0.1, -0.05) is 0 Å². The summed E-state index contributed by atoms with van der Waals surface area (Å²) < 4.78 is 6.97. The molecule has 0 amide bonds. The molecule has 1 aliphatic carbocycles. The van der Waals surface area contributed by atoms with Crippen molar-refractivity contribution in [3.05, 3.63) is 18.0 Å². The van der Waals surface area contributed by atoms with Gasteiger partial charge in [-0.15, -0.1) is 0 Å². The van der Waals surface area contributed by atoms with Crippen LogP contribution in [0.1, 0.15) is 16.9 Å². The number of rotatable bonds is 2. The Morgan fingerprint density at radius 2 is 2.64 bits per heavy atom. The van der Waals surface area contributed by atoms with Gasteiger partial charge >= 0.3 is 0 Å². The third-order valence-electron chi connectivity index (χ3n) is 3.31. The van der Waals surface area contributed by atoms with Gasteiger partial charge in [0.15, 0.2) is 5.78 Å². The molecule has 0 N–H and O–H groups in total. The molecule has 4 nitrogen and oxygen atoms in total. The van der Waals surface area contributed by atoms with Crippen LogP contribution in [0.15, 0.2) is 12.3 Å². The Balaban J connectivity index is 1.90. The number of aromatic nitrogens is 2. The summed E-state index contributed by atoms with van der Waals surface area (Å²) in [6.45, 7) is 1.34. The molecule has 2 heterocycles. The summed E-state index contributed by atoms with van der Waals surface area (Å²) in [6.07, 6.45) is 2.79. The maximum Gasteiger partial charge on any atom is 0.191 e. The van der Waals surface area contributed by atoms with Crippen LogP contribution < -0.4 is 0 Å². The van der Waals surface area contributed by atoms with E-state index >= 15 is 0 Å². The summed E-state index contributed by atoms with van der Waals surface area (Å²) in [6, 6.07) is 1.78. The molecule has 2 fully saturated rings. The van der Waals surface area contributed by atoms with E-state index in [-0.39, 0.29) is 11.2 Å². The van der Waals surface area contributed by atoms with Gasteiger partial charge < -0.3 is 4.74 Å². The van der Waals surface area contributed by atoms with E-state index in [0.717, 1.165) is 13.0 Å². The third-order valence-corrected chi connectivity index (χ3v) is 3.31. The van der Waals surface area contributed by atoms with Gasteiger partial charge in [0.1, 0.15) is 5.69 Å². The number of hydrogen-bond donors (Lipinski definition) is 0. The lowest BCUT2D eigenvalue weighted by molar-refractivity contribution is 0.0823. The molecule has 1 aliphatic heterocycles. The number of hydrogen-bond acceptors (Lipinski definition) is 3. The minimum atomic E-state index is -0.200. The van der Waals surface area contributed by atoms with E-state index in [1.165, 1.54) is 0 Å². The molecule has 2 aliphatic rings. The van der Waals surface area contributed by atoms with Crippen molar-refractivity contribution >= 4 is 5.78 Å². The number of fused-ring (bicyclic) bond motifs is 1. The van der Waals surface area contributed by atoms with Gasteiger partial charge in [0.05, 0.1) is 18.6 Å². The van der Waals surface area contributed by atoms with E-state index in [1.54, 1.807) is 16.9 Å². The molecule has 74 valence electrons. The van der Waals surface area contributed by atoms with E-state index in [0.29, 0.717) is 18.2 Å². The van der Waals surface area contributed by atoms with Crippen molar-refractivity contribution in [3.63, 3.8) is 0 Å². The molecule has 3 rings (SSSR count). The first-order chi connectivity index (χ1) is 6.72. The molecule has 1 aromatic rings. The van der Waals surface area contributed by atoms with Crippen LogP contribution in [0.25, 0.3) is 0 Å². The summed E-state index contributed by atoms with van der Waals surface area (Å²) in [5, 5.41) is 4.14. The Bertz CT molecular complexity index is 399. The largest absolute Gasteiger partial charge is 0.380 e. The Morgan fingerprint density at radius 1 is 1.79 bits per heavy atom. The Hall–Kier alpha value is -1.16. The van der Waals surface area contributed by atoms with Crippen LogP contribution in [-0.4, -0.2) is 28.8 Å². The SMILES string of the molecule is Cn1ccc(C(=O)C23COCC2C3)n1. The van der Waals surface area contributed by atoms with Gasteiger partial charge in [0.2, 0.25) is 0 Å². The summed E-state index contributed by atoms with van der Waals surface area (Å²) in [4.78, 5) is 12.1. The molecule has 4 heteroatoms. The molecule has 1 saturated carbocycles. The highest BCUT2D eigenvalue weighted by atomic mass is 16.5. The van der Waals surface area contributed by atoms with E-state index in [2.05, 4.69) is 5.10 Å². The molecule has 1 saturated heterocycles. The first-order valence-electron chi connectivity index (χ1n) is 4.84. The van der Waals surface area contributed by atoms with Crippen LogP contribution in [-0.2, 0) is 11.8 Å². The van der Waals surface area contributed by atoms with Gasteiger partial charge in [-0.25, -0.2) is 0 Å². The molecule has 0 radical (unpaired) electrons. The number of ether oxygens (including phenoxy) is 1. The smallest absolute Gasteiger partial charge is 0.191 e. The first-order valence-corrected chi connectivity index (χ1v) is 4.84.